The second-order valence-corrected chi connectivity index (χ2v) is 9.04. The summed E-state index contributed by atoms with van der Waals surface area (Å²) < 4.78 is 11.5. The topological polar surface area (TPSA) is 62.2 Å². The number of aliphatic hydroxyl groups excluding tert-OH is 1. The number of thiophene rings is 1. The van der Waals surface area contributed by atoms with Crippen molar-refractivity contribution in [1.82, 2.24) is 9.80 Å². The highest BCUT2D eigenvalue weighted by atomic mass is 32.1. The molecule has 32 heavy (non-hydrogen) atoms. The van der Waals surface area contributed by atoms with Gasteiger partial charge in [-0.25, -0.2) is 0 Å². The van der Waals surface area contributed by atoms with Gasteiger partial charge in [-0.05, 0) is 48.5 Å². The number of fused-ring (bicyclic) bond motifs is 1. The summed E-state index contributed by atoms with van der Waals surface area (Å²) in [6.45, 7) is 10.7. The monoisotopic (exact) mass is 458 g/mol. The minimum Gasteiger partial charge on any atom is -0.491 e. The molecule has 1 aromatic heterocycles. The number of amides is 1. The summed E-state index contributed by atoms with van der Waals surface area (Å²) in [4.78, 5) is 18.6. The third-order valence-corrected chi connectivity index (χ3v) is 6.72. The number of nitrogens with zero attached hydrogens (tertiary/aromatic N) is 2. The number of carbonyl (C=O) groups is 1. The van der Waals surface area contributed by atoms with Gasteiger partial charge in [0.25, 0.3) is 0 Å². The van der Waals surface area contributed by atoms with Crippen molar-refractivity contribution in [3.05, 3.63) is 64.4 Å². The van der Waals surface area contributed by atoms with Crippen molar-refractivity contribution >= 4 is 17.2 Å². The third-order valence-electron chi connectivity index (χ3n) is 5.73. The number of likely N-dealkylation sites (N-methyl/N-ethyl adjacent to an activating group) is 1. The van der Waals surface area contributed by atoms with Crippen molar-refractivity contribution in [2.24, 2.45) is 0 Å². The lowest BCUT2D eigenvalue weighted by molar-refractivity contribution is -0.136. The molecule has 1 N–H and O–H groups in total. The van der Waals surface area contributed by atoms with Gasteiger partial charge in [0.2, 0.25) is 5.91 Å². The Kier molecular flexibility index (Phi) is 9.29. The van der Waals surface area contributed by atoms with Crippen molar-refractivity contribution < 1.29 is 19.4 Å². The summed E-state index contributed by atoms with van der Waals surface area (Å²) in [5, 5.41) is 12.3. The summed E-state index contributed by atoms with van der Waals surface area (Å²) in [5.41, 5.74) is 2.26. The lowest BCUT2D eigenvalue weighted by Gasteiger charge is -2.37. The molecule has 2 heterocycles. The van der Waals surface area contributed by atoms with Gasteiger partial charge in [0.15, 0.2) is 0 Å². The first-order chi connectivity index (χ1) is 15.5. The van der Waals surface area contributed by atoms with Crippen molar-refractivity contribution in [3.8, 4) is 5.75 Å². The van der Waals surface area contributed by atoms with E-state index < -0.39 is 6.10 Å². The molecule has 1 amide bonds. The van der Waals surface area contributed by atoms with Gasteiger partial charge in [-0.2, -0.15) is 0 Å². The van der Waals surface area contributed by atoms with Crippen LogP contribution in [0.25, 0.3) is 0 Å². The zero-order valence-electron chi connectivity index (χ0n) is 19.0. The molecule has 0 spiro atoms. The highest BCUT2D eigenvalue weighted by Crippen LogP contribution is 2.34. The van der Waals surface area contributed by atoms with Crippen LogP contribution >= 0.6 is 11.3 Å². The second kappa shape index (κ2) is 12.2. The molecule has 0 bridgehead atoms. The highest BCUT2D eigenvalue weighted by molar-refractivity contribution is 7.10. The number of rotatable bonds is 12. The predicted molar refractivity (Wildman–Crippen MR) is 128 cm³/mol. The second-order valence-electron chi connectivity index (χ2n) is 8.04. The van der Waals surface area contributed by atoms with E-state index in [9.17, 15) is 9.90 Å². The molecule has 174 valence electrons. The van der Waals surface area contributed by atoms with E-state index in [1.807, 2.05) is 47.9 Å². The fraction of sp³-hybridized carbons (Fsp3) is 0.480. The van der Waals surface area contributed by atoms with Crippen LogP contribution in [0.5, 0.6) is 5.75 Å². The average molecular weight is 459 g/mol. The molecule has 1 aliphatic rings. The van der Waals surface area contributed by atoms with Gasteiger partial charge < -0.3 is 19.5 Å². The number of hydrogen-bond donors (Lipinski definition) is 1. The fourth-order valence-electron chi connectivity index (χ4n) is 3.99. The molecule has 1 aromatic carbocycles. The summed E-state index contributed by atoms with van der Waals surface area (Å²) >= 11 is 1.75. The van der Waals surface area contributed by atoms with E-state index in [2.05, 4.69) is 18.0 Å². The molecule has 0 fully saturated rings. The van der Waals surface area contributed by atoms with Gasteiger partial charge in [0.1, 0.15) is 12.4 Å². The number of ether oxygens (including phenoxy) is 2. The minimum absolute atomic E-state index is 0.0568. The molecular formula is C25H34N2O4S. The summed E-state index contributed by atoms with van der Waals surface area (Å²) in [5.74, 6) is 0.904. The maximum absolute atomic E-state index is 13.3. The van der Waals surface area contributed by atoms with Crippen LogP contribution in [0.1, 0.15) is 29.0 Å². The van der Waals surface area contributed by atoms with Crippen molar-refractivity contribution in [1.29, 1.82) is 0 Å². The van der Waals surface area contributed by atoms with Crippen LogP contribution in [0.4, 0.5) is 0 Å². The third kappa shape index (κ3) is 6.42. The zero-order chi connectivity index (χ0) is 22.9. The van der Waals surface area contributed by atoms with Crippen LogP contribution in [-0.4, -0.2) is 72.9 Å². The molecule has 2 atom stereocenters. The Hall–Kier alpha value is -2.19. The van der Waals surface area contributed by atoms with Gasteiger partial charge >= 0.3 is 0 Å². The molecule has 7 heteroatoms. The Morgan fingerprint density at radius 3 is 2.97 bits per heavy atom. The number of carbonyl (C=O) groups excluding carboxylic acids is 1. The Morgan fingerprint density at radius 2 is 2.22 bits per heavy atom. The quantitative estimate of drug-likeness (QED) is 0.390. The molecule has 3 rings (SSSR count). The molecule has 6 nitrogen and oxygen atoms in total. The van der Waals surface area contributed by atoms with Gasteiger partial charge in [0, 0.05) is 18.0 Å². The van der Waals surface area contributed by atoms with Crippen molar-refractivity contribution in [3.63, 3.8) is 0 Å². The van der Waals surface area contributed by atoms with Crippen LogP contribution in [-0.2, 0) is 16.0 Å². The first-order valence-electron chi connectivity index (χ1n) is 11.2. The molecule has 0 saturated carbocycles. The van der Waals surface area contributed by atoms with E-state index in [0.717, 1.165) is 17.7 Å². The lowest BCUT2D eigenvalue weighted by Crippen LogP contribution is -2.48. The Labute approximate surface area is 195 Å². The molecule has 1 aliphatic heterocycles. The molecular weight excluding hydrogens is 424 g/mol. The molecule has 0 saturated heterocycles. The first-order valence-corrected chi connectivity index (χ1v) is 12.0. The van der Waals surface area contributed by atoms with Crippen LogP contribution in [0, 0.1) is 6.92 Å². The van der Waals surface area contributed by atoms with Crippen LogP contribution in [0.15, 0.2) is 48.4 Å². The number of benzene rings is 1. The van der Waals surface area contributed by atoms with Gasteiger partial charge in [-0.15, -0.1) is 17.9 Å². The van der Waals surface area contributed by atoms with Crippen molar-refractivity contribution in [2.45, 2.75) is 32.4 Å². The van der Waals surface area contributed by atoms with E-state index in [0.29, 0.717) is 32.8 Å². The van der Waals surface area contributed by atoms with Gasteiger partial charge in [-0.1, -0.05) is 31.2 Å². The lowest BCUT2D eigenvalue weighted by atomic mass is 10.0. The fourth-order valence-corrected chi connectivity index (χ4v) is 4.92. The number of para-hydroxylation sites is 1. The van der Waals surface area contributed by atoms with E-state index in [1.165, 1.54) is 10.4 Å². The Morgan fingerprint density at radius 1 is 1.41 bits per heavy atom. The van der Waals surface area contributed by atoms with Gasteiger partial charge in [0.05, 0.1) is 31.9 Å². The SMILES string of the molecule is C=CCOC[C@H](O)CN(CC)CC(=O)N1CCc2sccc2[C@H]1COc1ccccc1C. The smallest absolute Gasteiger partial charge is 0.237 e. The number of aryl methyl sites for hydroxylation is 1. The number of aliphatic hydroxyl groups is 1. The van der Waals surface area contributed by atoms with Crippen molar-refractivity contribution in [2.75, 3.05) is 46.0 Å². The van der Waals surface area contributed by atoms with E-state index >= 15 is 0 Å². The van der Waals surface area contributed by atoms with Gasteiger partial charge in [-0.3, -0.25) is 9.69 Å². The van der Waals surface area contributed by atoms with E-state index in [-0.39, 0.29) is 25.1 Å². The van der Waals surface area contributed by atoms with Crippen LogP contribution in [0.2, 0.25) is 0 Å². The zero-order valence-corrected chi connectivity index (χ0v) is 19.9. The predicted octanol–water partition coefficient (Wildman–Crippen LogP) is 3.45. The number of hydrogen-bond acceptors (Lipinski definition) is 6. The molecule has 0 aliphatic carbocycles. The maximum Gasteiger partial charge on any atom is 0.237 e. The molecule has 0 radical (unpaired) electrons. The van der Waals surface area contributed by atoms with E-state index in [1.54, 1.807) is 17.4 Å². The Balaban J connectivity index is 1.66. The summed E-state index contributed by atoms with van der Waals surface area (Å²) in [6, 6.07) is 9.95. The summed E-state index contributed by atoms with van der Waals surface area (Å²) in [6.07, 6.45) is 1.87. The normalized spacial score (nSPS) is 16.6. The minimum atomic E-state index is -0.646. The molecule has 2 aromatic rings. The highest BCUT2D eigenvalue weighted by Gasteiger charge is 2.33. The van der Waals surface area contributed by atoms with E-state index in [4.69, 9.17) is 9.47 Å². The average Bonchev–Trinajstić information content (AvgIpc) is 3.27. The largest absolute Gasteiger partial charge is 0.491 e. The molecule has 0 unspecified atom stereocenters. The first kappa shape index (κ1) is 24.5. The summed E-state index contributed by atoms with van der Waals surface area (Å²) in [7, 11) is 0. The van der Waals surface area contributed by atoms with Crippen LogP contribution in [0.3, 0.4) is 0 Å². The maximum atomic E-state index is 13.3. The van der Waals surface area contributed by atoms with Crippen LogP contribution < -0.4 is 4.74 Å². The standard InChI is InChI=1S/C25H34N2O4S/c1-4-13-30-17-20(28)15-26(5-2)16-25(29)27-12-10-24-21(11-14-32-24)22(27)18-31-23-9-7-6-8-19(23)3/h4,6-9,11,14,20,22,28H,1,5,10,12-13,15-18H2,2-3H3/t20-,22-/m1/s1. The Bertz CT molecular complexity index is 884.